The van der Waals surface area contributed by atoms with Gasteiger partial charge in [-0.3, -0.25) is 10.1 Å². The van der Waals surface area contributed by atoms with Gasteiger partial charge in [0.2, 0.25) is 5.82 Å². The summed E-state index contributed by atoms with van der Waals surface area (Å²) in [4.78, 5) is 20.5. The van der Waals surface area contributed by atoms with E-state index in [1.54, 1.807) is 35.3 Å². The number of rotatable bonds is 6. The predicted octanol–water partition coefficient (Wildman–Crippen LogP) is 5.75. The highest BCUT2D eigenvalue weighted by Gasteiger charge is 2.25. The van der Waals surface area contributed by atoms with Crippen molar-refractivity contribution >= 4 is 6.09 Å². The van der Waals surface area contributed by atoms with Crippen LogP contribution >= 0.6 is 0 Å². The van der Waals surface area contributed by atoms with Crippen LogP contribution in [0.3, 0.4) is 0 Å². The Kier molecular flexibility index (Phi) is 6.31. The molecule has 10 heteroatoms. The highest BCUT2D eigenvalue weighted by molar-refractivity contribution is 5.78. The zero-order chi connectivity index (χ0) is 26.0. The predicted molar refractivity (Wildman–Crippen MR) is 135 cm³/mol. The monoisotopic (exact) mass is 500 g/mol. The maximum Gasteiger partial charge on any atom is 0.407 e. The number of aromatic nitrogens is 5. The van der Waals surface area contributed by atoms with Crippen LogP contribution in [0.4, 0.5) is 9.18 Å². The lowest BCUT2D eigenvalue weighted by atomic mass is 10.1. The van der Waals surface area contributed by atoms with E-state index < -0.39 is 11.7 Å². The number of amides is 1. The average Bonchev–Trinajstić information content (AvgIpc) is 3.33. The molecule has 0 aliphatic heterocycles. The van der Waals surface area contributed by atoms with Gasteiger partial charge in [-0.15, -0.1) is 0 Å². The molecular formula is C27H25FN6O3. The number of hydrogen-bond acceptors (Lipinski definition) is 6. The molecule has 0 fully saturated rings. The molecule has 0 radical (unpaired) electrons. The van der Waals surface area contributed by atoms with Crippen LogP contribution in [0.5, 0.6) is 0 Å². The molecule has 5 rings (SSSR count). The number of H-pyrrole nitrogens is 1. The second-order valence-electron chi connectivity index (χ2n) is 9.33. The molecule has 188 valence electrons. The van der Waals surface area contributed by atoms with Gasteiger partial charge in [-0.2, -0.15) is 4.98 Å². The van der Waals surface area contributed by atoms with E-state index in [4.69, 9.17) is 9.26 Å². The summed E-state index contributed by atoms with van der Waals surface area (Å²) in [6.45, 7) is 5.76. The lowest BCUT2D eigenvalue weighted by Crippen LogP contribution is -2.32. The third-order valence-electron chi connectivity index (χ3n) is 5.42. The minimum absolute atomic E-state index is 0.269. The minimum atomic E-state index is -0.557. The normalized spacial score (nSPS) is 11.5. The van der Waals surface area contributed by atoms with Crippen molar-refractivity contribution in [2.45, 2.75) is 32.9 Å². The number of pyridine rings is 1. The van der Waals surface area contributed by atoms with Gasteiger partial charge in [0, 0.05) is 30.1 Å². The van der Waals surface area contributed by atoms with Gasteiger partial charge < -0.3 is 14.6 Å². The third kappa shape index (κ3) is 5.27. The first-order chi connectivity index (χ1) is 17.8. The van der Waals surface area contributed by atoms with Crippen molar-refractivity contribution in [3.63, 3.8) is 0 Å². The Balaban J connectivity index is 1.37. The fourth-order valence-electron chi connectivity index (χ4n) is 3.73. The molecule has 0 saturated carbocycles. The largest absolute Gasteiger partial charge is 0.444 e. The van der Waals surface area contributed by atoms with Crippen molar-refractivity contribution in [2.24, 2.45) is 0 Å². The first-order valence-corrected chi connectivity index (χ1v) is 11.6. The molecular weight excluding hydrogens is 475 g/mol. The topological polar surface area (TPSA) is 111 Å². The lowest BCUT2D eigenvalue weighted by Gasteiger charge is -2.22. The Morgan fingerprint density at radius 1 is 1.05 bits per heavy atom. The number of carbonyl (C=O) groups excluding carboxylic acids is 1. The number of para-hydroxylation sites is 1. The van der Waals surface area contributed by atoms with Crippen LogP contribution in [0.15, 0.2) is 77.6 Å². The Morgan fingerprint density at radius 2 is 1.78 bits per heavy atom. The highest BCUT2D eigenvalue weighted by Crippen LogP contribution is 2.35. The summed E-state index contributed by atoms with van der Waals surface area (Å²) >= 11 is 0. The Hall–Kier alpha value is -4.73. The minimum Gasteiger partial charge on any atom is -0.444 e. The Morgan fingerprint density at radius 3 is 2.49 bits per heavy atom. The fourth-order valence-corrected chi connectivity index (χ4v) is 3.73. The molecule has 5 aromatic rings. The maximum atomic E-state index is 14.5. The van der Waals surface area contributed by atoms with Gasteiger partial charge in [0.25, 0.3) is 5.89 Å². The number of ether oxygens (including phenoxy) is 1. The average molecular weight is 501 g/mol. The standard InChI is InChI=1S/C27H25FN6O3/c1-27(2,3)36-26(35)30-16-17-8-10-19(11-9-17)24-31-25(37-33-24)22-23(18-12-14-29-15-13-18)34(32-22)21-7-5-4-6-20(21)28/h4-15,32H,16H2,1-3H3,(H,30,35). The van der Waals surface area contributed by atoms with Gasteiger partial charge in [0.15, 0.2) is 0 Å². The van der Waals surface area contributed by atoms with Gasteiger partial charge in [-0.1, -0.05) is 41.6 Å². The highest BCUT2D eigenvalue weighted by atomic mass is 19.1. The summed E-state index contributed by atoms with van der Waals surface area (Å²) in [5.74, 6) is 0.299. The van der Waals surface area contributed by atoms with Crippen LogP contribution in [0.2, 0.25) is 0 Å². The van der Waals surface area contributed by atoms with Crippen molar-refractivity contribution in [3.05, 3.63) is 84.4 Å². The summed E-state index contributed by atoms with van der Waals surface area (Å²) in [5.41, 5.74) is 3.52. The molecule has 0 aliphatic carbocycles. The molecule has 0 unspecified atom stereocenters. The van der Waals surface area contributed by atoms with E-state index in [-0.39, 0.29) is 11.7 Å². The molecule has 9 nitrogen and oxygen atoms in total. The van der Waals surface area contributed by atoms with Gasteiger partial charge in [0.05, 0.1) is 5.69 Å². The molecule has 2 aromatic carbocycles. The molecule has 2 N–H and O–H groups in total. The van der Waals surface area contributed by atoms with E-state index in [1.165, 1.54) is 6.07 Å². The number of aromatic amines is 1. The van der Waals surface area contributed by atoms with E-state index >= 15 is 0 Å². The molecule has 0 saturated heterocycles. The maximum absolute atomic E-state index is 14.5. The number of carbonyl (C=O) groups is 1. The summed E-state index contributed by atoms with van der Waals surface area (Å²) in [5, 5.41) is 9.98. The quantitative estimate of drug-likeness (QED) is 0.307. The van der Waals surface area contributed by atoms with Crippen molar-refractivity contribution in [1.82, 2.24) is 30.2 Å². The van der Waals surface area contributed by atoms with E-state index in [2.05, 4.69) is 25.5 Å². The van der Waals surface area contributed by atoms with E-state index in [9.17, 15) is 9.18 Å². The molecule has 0 atom stereocenters. The van der Waals surface area contributed by atoms with Crippen LogP contribution < -0.4 is 5.32 Å². The van der Waals surface area contributed by atoms with E-state index in [1.807, 2.05) is 57.2 Å². The molecule has 3 heterocycles. The lowest BCUT2D eigenvalue weighted by molar-refractivity contribution is 0.0523. The van der Waals surface area contributed by atoms with Crippen LogP contribution in [0.1, 0.15) is 26.3 Å². The summed E-state index contributed by atoms with van der Waals surface area (Å²) in [6, 6.07) is 17.6. The van der Waals surface area contributed by atoms with Crippen LogP contribution in [0, 0.1) is 5.82 Å². The van der Waals surface area contributed by atoms with Crippen molar-refractivity contribution in [3.8, 4) is 39.9 Å². The second-order valence-corrected chi connectivity index (χ2v) is 9.33. The van der Waals surface area contributed by atoms with E-state index in [0.717, 1.165) is 16.7 Å². The van der Waals surface area contributed by atoms with Crippen LogP contribution in [-0.4, -0.2) is 36.6 Å². The molecule has 1 amide bonds. The fraction of sp³-hybridized carbons (Fsp3) is 0.185. The zero-order valence-electron chi connectivity index (χ0n) is 20.5. The van der Waals surface area contributed by atoms with Crippen LogP contribution in [0.25, 0.3) is 39.9 Å². The second kappa shape index (κ2) is 9.73. The first kappa shape index (κ1) is 24.0. The Bertz CT molecular complexity index is 1510. The van der Waals surface area contributed by atoms with E-state index in [0.29, 0.717) is 29.4 Å². The summed E-state index contributed by atoms with van der Waals surface area (Å²) < 4.78 is 27.0. The molecule has 37 heavy (non-hydrogen) atoms. The zero-order valence-corrected chi connectivity index (χ0v) is 20.5. The summed E-state index contributed by atoms with van der Waals surface area (Å²) in [7, 11) is 0. The number of nitrogens with zero attached hydrogens (tertiary/aromatic N) is 4. The molecule has 3 aromatic heterocycles. The van der Waals surface area contributed by atoms with Crippen molar-refractivity contribution in [2.75, 3.05) is 0 Å². The van der Waals surface area contributed by atoms with Gasteiger partial charge >= 0.3 is 6.09 Å². The Labute approximate surface area is 212 Å². The van der Waals surface area contributed by atoms with Crippen LogP contribution in [-0.2, 0) is 11.3 Å². The van der Waals surface area contributed by atoms with Crippen molar-refractivity contribution < 1.29 is 18.4 Å². The van der Waals surface area contributed by atoms with Gasteiger partial charge in [0.1, 0.15) is 22.8 Å². The number of benzene rings is 2. The number of halogens is 1. The number of hydrogen-bond donors (Lipinski definition) is 2. The smallest absolute Gasteiger partial charge is 0.407 e. The number of alkyl carbamates (subject to hydrolysis) is 1. The number of nitrogens with one attached hydrogen (secondary N) is 2. The molecule has 0 spiro atoms. The van der Waals surface area contributed by atoms with Gasteiger partial charge in [-0.05, 0) is 50.6 Å². The van der Waals surface area contributed by atoms with Crippen molar-refractivity contribution in [1.29, 1.82) is 0 Å². The van der Waals surface area contributed by atoms with Gasteiger partial charge in [-0.25, -0.2) is 13.9 Å². The SMILES string of the molecule is CC(C)(C)OC(=O)NCc1ccc(-c2noc(-c3[nH]n(-c4ccccc4F)c3-c3ccncc3)n2)cc1. The summed E-state index contributed by atoms with van der Waals surface area (Å²) in [6.07, 6.45) is 2.85. The third-order valence-corrected chi connectivity index (χ3v) is 5.42. The molecule has 0 aliphatic rings. The first-order valence-electron chi connectivity index (χ1n) is 11.6. The molecule has 0 bridgehead atoms.